The number of rotatable bonds is 5. The molecule has 1 rings (SSSR count). The molecule has 0 aliphatic rings. The van der Waals surface area contributed by atoms with Crippen molar-refractivity contribution in [3.05, 3.63) is 28.8 Å². The highest BCUT2D eigenvalue weighted by atomic mass is 35.5. The molecule has 0 bridgehead atoms. The van der Waals surface area contributed by atoms with Crippen molar-refractivity contribution in [3.8, 4) is 0 Å². The van der Waals surface area contributed by atoms with Crippen LogP contribution in [0, 0.1) is 6.92 Å². The molecule has 0 aliphatic heterocycles. The topological polar surface area (TPSA) is 46.2 Å². The van der Waals surface area contributed by atoms with E-state index < -0.39 is 9.84 Å². The molecule has 0 saturated heterocycles. The Bertz CT molecular complexity index is 483. The molecular weight excluding hydrogens is 258 g/mol. The van der Waals surface area contributed by atoms with Crippen LogP contribution in [0.15, 0.2) is 18.2 Å². The van der Waals surface area contributed by atoms with Crippen LogP contribution in [-0.2, 0) is 9.84 Å². The molecule has 1 aromatic rings. The fraction of sp³-hybridized carbons (Fsp3) is 0.500. The number of nitrogens with one attached hydrogen (secondary N) is 1. The van der Waals surface area contributed by atoms with E-state index in [1.54, 1.807) is 13.8 Å². The van der Waals surface area contributed by atoms with Crippen LogP contribution in [0.3, 0.4) is 0 Å². The van der Waals surface area contributed by atoms with Gasteiger partial charge in [0.15, 0.2) is 9.84 Å². The lowest BCUT2D eigenvalue weighted by Gasteiger charge is -2.12. The molecule has 17 heavy (non-hydrogen) atoms. The minimum absolute atomic E-state index is 0.136. The van der Waals surface area contributed by atoms with Crippen LogP contribution in [-0.4, -0.2) is 26.0 Å². The van der Waals surface area contributed by atoms with Crippen molar-refractivity contribution in [2.45, 2.75) is 26.0 Å². The molecule has 0 saturated carbocycles. The average Bonchev–Trinajstić information content (AvgIpc) is 2.24. The number of benzene rings is 1. The van der Waals surface area contributed by atoms with Gasteiger partial charge in [-0.05, 0) is 38.5 Å². The number of anilines is 1. The lowest BCUT2D eigenvalue weighted by Crippen LogP contribution is -2.23. The lowest BCUT2D eigenvalue weighted by molar-refractivity contribution is 0.588. The second-order valence-electron chi connectivity index (χ2n) is 4.25. The van der Waals surface area contributed by atoms with Gasteiger partial charge < -0.3 is 5.32 Å². The number of sulfone groups is 1. The quantitative estimate of drug-likeness (QED) is 0.899. The van der Waals surface area contributed by atoms with Crippen LogP contribution in [0.2, 0.25) is 5.02 Å². The molecule has 0 radical (unpaired) electrons. The fourth-order valence-electron chi connectivity index (χ4n) is 1.36. The zero-order chi connectivity index (χ0) is 13.1. The first-order valence-corrected chi connectivity index (χ1v) is 7.64. The van der Waals surface area contributed by atoms with Gasteiger partial charge >= 0.3 is 0 Å². The van der Waals surface area contributed by atoms with E-state index in [1.165, 1.54) is 0 Å². The van der Waals surface area contributed by atoms with Gasteiger partial charge in [0, 0.05) is 17.3 Å². The molecule has 96 valence electrons. The molecule has 0 unspecified atom stereocenters. The van der Waals surface area contributed by atoms with Crippen molar-refractivity contribution in [3.63, 3.8) is 0 Å². The molecule has 1 N–H and O–H groups in total. The van der Waals surface area contributed by atoms with Crippen LogP contribution in [0.5, 0.6) is 0 Å². The van der Waals surface area contributed by atoms with E-state index in [0.717, 1.165) is 11.3 Å². The number of hydrogen-bond donors (Lipinski definition) is 1. The molecule has 0 aliphatic carbocycles. The summed E-state index contributed by atoms with van der Waals surface area (Å²) in [6.45, 7) is 5.70. The van der Waals surface area contributed by atoms with E-state index in [4.69, 9.17) is 11.6 Å². The van der Waals surface area contributed by atoms with Crippen molar-refractivity contribution in [1.82, 2.24) is 0 Å². The Labute approximate surface area is 108 Å². The molecule has 3 nitrogen and oxygen atoms in total. The molecular formula is C12H18ClNO2S. The standard InChI is InChI=1S/C12H18ClNO2S/c1-9(2)17(15,16)8-7-14-12-6-4-5-11(13)10(12)3/h4-6,9,14H,7-8H2,1-3H3. The Kier molecular flexibility index (Phi) is 4.83. The van der Waals surface area contributed by atoms with Crippen LogP contribution >= 0.6 is 11.6 Å². The van der Waals surface area contributed by atoms with Crippen LogP contribution < -0.4 is 5.32 Å². The minimum atomic E-state index is -2.99. The van der Waals surface area contributed by atoms with Gasteiger partial charge in [-0.2, -0.15) is 0 Å². The van der Waals surface area contributed by atoms with Crippen molar-refractivity contribution >= 4 is 27.1 Å². The van der Waals surface area contributed by atoms with Crippen molar-refractivity contribution in [1.29, 1.82) is 0 Å². The molecule has 5 heteroatoms. The van der Waals surface area contributed by atoms with Gasteiger partial charge in [-0.25, -0.2) is 8.42 Å². The van der Waals surface area contributed by atoms with E-state index in [-0.39, 0.29) is 11.0 Å². The summed E-state index contributed by atoms with van der Waals surface area (Å²) in [5.74, 6) is 0.136. The third-order valence-corrected chi connectivity index (χ3v) is 5.31. The summed E-state index contributed by atoms with van der Waals surface area (Å²) < 4.78 is 23.2. The predicted molar refractivity (Wildman–Crippen MR) is 73.6 cm³/mol. The van der Waals surface area contributed by atoms with E-state index in [2.05, 4.69) is 5.32 Å². The maximum Gasteiger partial charge on any atom is 0.154 e. The summed E-state index contributed by atoms with van der Waals surface area (Å²) in [4.78, 5) is 0. The van der Waals surface area contributed by atoms with Gasteiger partial charge in [0.05, 0.1) is 11.0 Å². The molecule has 0 fully saturated rings. The van der Waals surface area contributed by atoms with Gasteiger partial charge in [0.2, 0.25) is 0 Å². The highest BCUT2D eigenvalue weighted by Crippen LogP contribution is 2.22. The predicted octanol–water partition coefficient (Wildman–Crippen LogP) is 2.88. The summed E-state index contributed by atoms with van der Waals surface area (Å²) in [6, 6.07) is 5.55. The normalized spacial score (nSPS) is 11.8. The van der Waals surface area contributed by atoms with Gasteiger partial charge in [-0.15, -0.1) is 0 Å². The van der Waals surface area contributed by atoms with Gasteiger partial charge in [0.25, 0.3) is 0 Å². The van der Waals surface area contributed by atoms with Crippen LogP contribution in [0.4, 0.5) is 5.69 Å². The van der Waals surface area contributed by atoms with Crippen molar-refractivity contribution < 1.29 is 8.42 Å². The van der Waals surface area contributed by atoms with E-state index >= 15 is 0 Å². The molecule has 0 aromatic heterocycles. The minimum Gasteiger partial charge on any atom is -0.384 e. The van der Waals surface area contributed by atoms with Crippen LogP contribution in [0.25, 0.3) is 0 Å². The largest absolute Gasteiger partial charge is 0.384 e. The van der Waals surface area contributed by atoms with Crippen molar-refractivity contribution in [2.75, 3.05) is 17.6 Å². The van der Waals surface area contributed by atoms with E-state index in [0.29, 0.717) is 11.6 Å². The lowest BCUT2D eigenvalue weighted by atomic mass is 10.2. The smallest absolute Gasteiger partial charge is 0.154 e. The third kappa shape index (κ3) is 3.89. The Morgan fingerprint density at radius 3 is 2.59 bits per heavy atom. The molecule has 0 amide bonds. The first kappa shape index (κ1) is 14.3. The zero-order valence-electron chi connectivity index (χ0n) is 10.3. The van der Waals surface area contributed by atoms with Gasteiger partial charge in [-0.3, -0.25) is 0 Å². The maximum absolute atomic E-state index is 11.6. The average molecular weight is 276 g/mol. The van der Waals surface area contributed by atoms with Gasteiger partial charge in [-0.1, -0.05) is 17.7 Å². The van der Waals surface area contributed by atoms with E-state index in [1.807, 2.05) is 25.1 Å². The van der Waals surface area contributed by atoms with E-state index in [9.17, 15) is 8.42 Å². The highest BCUT2D eigenvalue weighted by molar-refractivity contribution is 7.92. The highest BCUT2D eigenvalue weighted by Gasteiger charge is 2.15. The summed E-state index contributed by atoms with van der Waals surface area (Å²) in [5, 5.41) is 3.45. The first-order chi connectivity index (χ1) is 7.84. The SMILES string of the molecule is Cc1c(Cl)cccc1NCCS(=O)(=O)C(C)C. The summed E-state index contributed by atoms with van der Waals surface area (Å²) >= 11 is 5.97. The number of hydrogen-bond acceptors (Lipinski definition) is 3. The first-order valence-electron chi connectivity index (χ1n) is 5.55. The summed E-state index contributed by atoms with van der Waals surface area (Å²) in [5.41, 5.74) is 1.83. The van der Waals surface area contributed by atoms with Crippen molar-refractivity contribution in [2.24, 2.45) is 0 Å². The molecule has 0 spiro atoms. The number of halogens is 1. The zero-order valence-corrected chi connectivity index (χ0v) is 11.9. The monoisotopic (exact) mass is 275 g/mol. The Balaban J connectivity index is 2.61. The third-order valence-electron chi connectivity index (χ3n) is 2.69. The fourth-order valence-corrected chi connectivity index (χ4v) is 2.40. The molecule has 1 aromatic carbocycles. The Morgan fingerprint density at radius 2 is 2.00 bits per heavy atom. The maximum atomic E-state index is 11.6. The van der Waals surface area contributed by atoms with Gasteiger partial charge in [0.1, 0.15) is 0 Å². The van der Waals surface area contributed by atoms with Crippen LogP contribution in [0.1, 0.15) is 19.4 Å². The molecule has 0 atom stereocenters. The summed E-state index contributed by atoms with van der Waals surface area (Å²) in [7, 11) is -2.99. The second-order valence-corrected chi connectivity index (χ2v) is 7.34. The molecule has 0 heterocycles. The Hall–Kier alpha value is -0.740. The summed E-state index contributed by atoms with van der Waals surface area (Å²) in [6.07, 6.45) is 0. The Morgan fingerprint density at radius 1 is 1.35 bits per heavy atom. The second kappa shape index (κ2) is 5.74.